The van der Waals surface area contributed by atoms with Gasteiger partial charge in [0.15, 0.2) is 0 Å². The molecule has 1 aromatic carbocycles. The van der Waals surface area contributed by atoms with Gasteiger partial charge < -0.3 is 5.73 Å². The quantitative estimate of drug-likeness (QED) is 0.767. The second kappa shape index (κ2) is 3.67. The molecule has 1 aromatic rings. The number of hydrogen-bond acceptors (Lipinski definition) is 2. The van der Waals surface area contributed by atoms with E-state index < -0.39 is 8.03 Å². The monoisotopic (exact) mass is 224 g/mol. The first-order chi connectivity index (χ1) is 7.08. The van der Waals surface area contributed by atoms with E-state index >= 15 is 0 Å². The van der Waals surface area contributed by atoms with E-state index in [9.17, 15) is 4.57 Å². The van der Waals surface area contributed by atoms with Gasteiger partial charge in [0.25, 0.3) is 0 Å². The first kappa shape index (κ1) is 10.7. The molecule has 1 fully saturated rings. The molecule has 1 unspecified atom stereocenters. The van der Waals surface area contributed by atoms with Crippen molar-refractivity contribution in [2.45, 2.75) is 25.3 Å². The van der Waals surface area contributed by atoms with Crippen LogP contribution in [0.3, 0.4) is 0 Å². The minimum atomic E-state index is -2.23. The standard InChI is InChI=1S/C11H14NO2P/c1-2-8-7-11(8,12)9-3-5-10(6-4-9)15(13)14/h3-6,8H,2,7,12H2,1H3/p+1/t8-,11+/m0/s1. The number of hydrogen-bond donors (Lipinski definition) is 2. The fraction of sp³-hybridized carbons (Fsp3) is 0.455. The Labute approximate surface area is 90.2 Å². The van der Waals surface area contributed by atoms with E-state index in [2.05, 4.69) is 6.92 Å². The van der Waals surface area contributed by atoms with Crippen LogP contribution in [-0.4, -0.2) is 4.89 Å². The lowest BCUT2D eigenvalue weighted by Crippen LogP contribution is -2.22. The average molecular weight is 224 g/mol. The molecular weight excluding hydrogens is 209 g/mol. The predicted molar refractivity (Wildman–Crippen MR) is 60.2 cm³/mol. The van der Waals surface area contributed by atoms with Crippen molar-refractivity contribution in [2.24, 2.45) is 11.7 Å². The molecule has 2 rings (SSSR count). The van der Waals surface area contributed by atoms with E-state index in [1.807, 2.05) is 12.1 Å². The highest BCUT2D eigenvalue weighted by atomic mass is 31.1. The molecule has 3 N–H and O–H groups in total. The van der Waals surface area contributed by atoms with Crippen molar-refractivity contribution in [2.75, 3.05) is 0 Å². The summed E-state index contributed by atoms with van der Waals surface area (Å²) >= 11 is 0. The van der Waals surface area contributed by atoms with Gasteiger partial charge in [-0.3, -0.25) is 0 Å². The third-order valence-electron chi connectivity index (χ3n) is 3.27. The summed E-state index contributed by atoms with van der Waals surface area (Å²) in [4.78, 5) is 8.91. The van der Waals surface area contributed by atoms with E-state index in [1.54, 1.807) is 12.1 Å². The van der Waals surface area contributed by atoms with E-state index in [0.29, 0.717) is 11.2 Å². The SMILES string of the molecule is CC[C@H]1C[C@]1(N)c1ccc([P+](=O)O)cc1. The molecule has 80 valence electrons. The van der Waals surface area contributed by atoms with Crippen molar-refractivity contribution in [1.29, 1.82) is 0 Å². The number of benzene rings is 1. The summed E-state index contributed by atoms with van der Waals surface area (Å²) in [5, 5.41) is 0.464. The van der Waals surface area contributed by atoms with Gasteiger partial charge in [0.1, 0.15) is 0 Å². The lowest BCUT2D eigenvalue weighted by Gasteiger charge is -2.10. The van der Waals surface area contributed by atoms with Crippen molar-refractivity contribution in [3.05, 3.63) is 29.8 Å². The Bertz CT molecular complexity index is 390. The van der Waals surface area contributed by atoms with Gasteiger partial charge in [0.2, 0.25) is 5.30 Å². The summed E-state index contributed by atoms with van der Waals surface area (Å²) in [5.41, 5.74) is 7.11. The third-order valence-corrected chi connectivity index (χ3v) is 4.01. The van der Waals surface area contributed by atoms with Gasteiger partial charge in [-0.05, 0) is 34.6 Å². The molecule has 0 aromatic heterocycles. The van der Waals surface area contributed by atoms with Gasteiger partial charge in [-0.2, -0.15) is 4.89 Å². The maximum absolute atomic E-state index is 10.8. The Morgan fingerprint density at radius 1 is 1.53 bits per heavy atom. The molecule has 0 amide bonds. The van der Waals surface area contributed by atoms with Crippen LogP contribution in [0, 0.1) is 5.92 Å². The molecular formula is C11H15NO2P+. The summed E-state index contributed by atoms with van der Waals surface area (Å²) in [6.45, 7) is 2.14. The maximum atomic E-state index is 10.8. The van der Waals surface area contributed by atoms with Crippen LogP contribution in [0.1, 0.15) is 25.3 Å². The number of nitrogens with two attached hydrogens (primary N) is 1. The van der Waals surface area contributed by atoms with E-state index in [4.69, 9.17) is 10.6 Å². The maximum Gasteiger partial charge on any atom is 0.546 e. The molecule has 4 heteroatoms. The Kier molecular flexibility index (Phi) is 2.63. The molecule has 3 nitrogen and oxygen atoms in total. The normalized spacial score (nSPS) is 30.1. The van der Waals surface area contributed by atoms with E-state index in [0.717, 1.165) is 18.4 Å². The van der Waals surface area contributed by atoms with Crippen LogP contribution >= 0.6 is 8.03 Å². The summed E-state index contributed by atoms with van der Waals surface area (Å²) < 4.78 is 10.8. The molecule has 0 spiro atoms. The Hall–Kier alpha value is -0.760. The minimum Gasteiger partial charge on any atom is -0.321 e. The summed E-state index contributed by atoms with van der Waals surface area (Å²) in [7, 11) is -2.23. The van der Waals surface area contributed by atoms with E-state index in [1.165, 1.54) is 0 Å². The smallest absolute Gasteiger partial charge is 0.321 e. The van der Waals surface area contributed by atoms with E-state index in [-0.39, 0.29) is 5.54 Å². The zero-order chi connectivity index (χ0) is 11.1. The van der Waals surface area contributed by atoms with Crippen LogP contribution in [0.5, 0.6) is 0 Å². The van der Waals surface area contributed by atoms with Crippen LogP contribution < -0.4 is 11.0 Å². The highest BCUT2D eigenvalue weighted by molar-refractivity contribution is 7.47. The molecule has 0 radical (unpaired) electrons. The highest BCUT2D eigenvalue weighted by Crippen LogP contribution is 2.51. The van der Waals surface area contributed by atoms with Crippen LogP contribution in [0.15, 0.2) is 24.3 Å². The second-order valence-electron chi connectivity index (χ2n) is 4.17. The van der Waals surface area contributed by atoms with Crippen molar-refractivity contribution >= 4 is 13.3 Å². The van der Waals surface area contributed by atoms with Gasteiger partial charge in [0, 0.05) is 5.54 Å². The molecule has 1 aliphatic rings. The lowest BCUT2D eigenvalue weighted by atomic mass is 10.0. The van der Waals surface area contributed by atoms with Gasteiger partial charge in [0.05, 0.1) is 0 Å². The number of rotatable bonds is 3. The Balaban J connectivity index is 2.22. The first-order valence-electron chi connectivity index (χ1n) is 5.13. The predicted octanol–water partition coefficient (Wildman–Crippen LogP) is 1.63. The van der Waals surface area contributed by atoms with Crippen molar-refractivity contribution in [3.8, 4) is 0 Å². The van der Waals surface area contributed by atoms with Crippen molar-refractivity contribution < 1.29 is 9.46 Å². The topological polar surface area (TPSA) is 63.3 Å². The highest BCUT2D eigenvalue weighted by Gasteiger charge is 2.50. The molecule has 0 heterocycles. The van der Waals surface area contributed by atoms with Crippen LogP contribution in [0.4, 0.5) is 0 Å². The van der Waals surface area contributed by atoms with Gasteiger partial charge in [-0.15, -0.1) is 0 Å². The molecule has 1 aliphatic carbocycles. The van der Waals surface area contributed by atoms with Crippen LogP contribution in [0.2, 0.25) is 0 Å². The third kappa shape index (κ3) is 1.83. The van der Waals surface area contributed by atoms with Crippen molar-refractivity contribution in [3.63, 3.8) is 0 Å². The summed E-state index contributed by atoms with van der Waals surface area (Å²) in [6, 6.07) is 7.12. The zero-order valence-corrected chi connectivity index (χ0v) is 9.58. The first-order valence-corrected chi connectivity index (χ1v) is 6.34. The average Bonchev–Trinajstić information content (AvgIpc) is 2.91. The molecule has 3 atom stereocenters. The summed E-state index contributed by atoms with van der Waals surface area (Å²) in [6.07, 6.45) is 2.11. The molecule has 0 aliphatic heterocycles. The van der Waals surface area contributed by atoms with Crippen molar-refractivity contribution in [1.82, 2.24) is 0 Å². The van der Waals surface area contributed by atoms with Crippen LogP contribution in [-0.2, 0) is 10.1 Å². The molecule has 0 bridgehead atoms. The minimum absolute atomic E-state index is 0.186. The summed E-state index contributed by atoms with van der Waals surface area (Å²) in [5.74, 6) is 0.561. The van der Waals surface area contributed by atoms with Gasteiger partial charge in [-0.1, -0.05) is 25.5 Å². The molecule has 1 saturated carbocycles. The van der Waals surface area contributed by atoms with Gasteiger partial charge in [-0.25, -0.2) is 0 Å². The zero-order valence-electron chi connectivity index (χ0n) is 8.68. The Morgan fingerprint density at radius 3 is 2.53 bits per heavy atom. The van der Waals surface area contributed by atoms with Gasteiger partial charge >= 0.3 is 8.03 Å². The fourth-order valence-corrected chi connectivity index (χ4v) is 2.51. The lowest BCUT2D eigenvalue weighted by molar-refractivity contribution is 0.513. The molecule has 0 saturated heterocycles. The van der Waals surface area contributed by atoms with Crippen LogP contribution in [0.25, 0.3) is 0 Å². The Morgan fingerprint density at radius 2 is 2.13 bits per heavy atom. The second-order valence-corrected chi connectivity index (χ2v) is 5.23. The molecule has 15 heavy (non-hydrogen) atoms. The fourth-order valence-electron chi connectivity index (χ4n) is 2.11. The largest absolute Gasteiger partial charge is 0.546 e.